The van der Waals surface area contributed by atoms with Crippen molar-refractivity contribution in [1.82, 2.24) is 4.31 Å². The van der Waals surface area contributed by atoms with Crippen LogP contribution in [0.3, 0.4) is 0 Å². The highest BCUT2D eigenvalue weighted by Crippen LogP contribution is 2.28. The van der Waals surface area contributed by atoms with Crippen LogP contribution in [-0.2, 0) is 14.8 Å². The van der Waals surface area contributed by atoms with Gasteiger partial charge in [0.05, 0.1) is 28.8 Å². The monoisotopic (exact) mass is 414 g/mol. The van der Waals surface area contributed by atoms with Crippen LogP contribution in [0.5, 0.6) is 0 Å². The Morgan fingerprint density at radius 1 is 1.04 bits per heavy atom. The van der Waals surface area contributed by atoms with E-state index in [1.807, 2.05) is 0 Å². The van der Waals surface area contributed by atoms with Crippen LogP contribution in [0.1, 0.15) is 10.4 Å². The van der Waals surface area contributed by atoms with E-state index < -0.39 is 15.9 Å². The second kappa shape index (κ2) is 7.94. The number of amides is 1. The van der Waals surface area contributed by atoms with Gasteiger partial charge in [0.15, 0.2) is 0 Å². The van der Waals surface area contributed by atoms with Gasteiger partial charge in [-0.25, -0.2) is 8.42 Å². The fraction of sp³-hybridized carbons (Fsp3) is 0.235. The smallest absolute Gasteiger partial charge is 0.255 e. The quantitative estimate of drug-likeness (QED) is 0.832. The topological polar surface area (TPSA) is 75.7 Å². The summed E-state index contributed by atoms with van der Waals surface area (Å²) in [7, 11) is -3.68. The maximum Gasteiger partial charge on any atom is 0.255 e. The molecule has 1 aliphatic heterocycles. The van der Waals surface area contributed by atoms with Crippen LogP contribution < -0.4 is 5.32 Å². The first kappa shape index (κ1) is 19.1. The lowest BCUT2D eigenvalue weighted by Gasteiger charge is -2.26. The van der Waals surface area contributed by atoms with Crippen molar-refractivity contribution < 1.29 is 17.9 Å². The van der Waals surface area contributed by atoms with E-state index >= 15 is 0 Å². The highest BCUT2D eigenvalue weighted by Gasteiger charge is 2.27. The first-order chi connectivity index (χ1) is 12.4. The van der Waals surface area contributed by atoms with Gasteiger partial charge in [0.1, 0.15) is 0 Å². The number of carbonyl (C=O) groups is 1. The first-order valence-corrected chi connectivity index (χ1v) is 10.0. The zero-order chi connectivity index (χ0) is 18.7. The third-order valence-corrected chi connectivity index (χ3v) is 6.38. The molecule has 0 aromatic heterocycles. The van der Waals surface area contributed by atoms with Crippen LogP contribution in [0.25, 0.3) is 0 Å². The summed E-state index contributed by atoms with van der Waals surface area (Å²) in [5.41, 5.74) is 0.604. The van der Waals surface area contributed by atoms with Gasteiger partial charge >= 0.3 is 0 Å². The van der Waals surface area contributed by atoms with Crippen LogP contribution in [0.4, 0.5) is 5.69 Å². The maximum atomic E-state index is 12.7. The van der Waals surface area contributed by atoms with Gasteiger partial charge in [0.25, 0.3) is 5.91 Å². The summed E-state index contributed by atoms with van der Waals surface area (Å²) in [5, 5.41) is 3.40. The molecule has 0 saturated carbocycles. The number of halogens is 2. The largest absolute Gasteiger partial charge is 0.379 e. The lowest BCUT2D eigenvalue weighted by atomic mass is 10.2. The molecule has 3 rings (SSSR count). The van der Waals surface area contributed by atoms with Crippen LogP contribution in [-0.4, -0.2) is 44.9 Å². The van der Waals surface area contributed by atoms with Gasteiger partial charge in [0.2, 0.25) is 10.0 Å². The summed E-state index contributed by atoms with van der Waals surface area (Å²) >= 11 is 11.9. The van der Waals surface area contributed by atoms with Crippen molar-refractivity contribution >= 4 is 44.8 Å². The Morgan fingerprint density at radius 2 is 1.69 bits per heavy atom. The summed E-state index contributed by atoms with van der Waals surface area (Å²) in [6, 6.07) is 10.6. The van der Waals surface area contributed by atoms with Crippen molar-refractivity contribution in [3.05, 3.63) is 58.1 Å². The van der Waals surface area contributed by atoms with Crippen LogP contribution in [0, 0.1) is 0 Å². The number of carbonyl (C=O) groups excluding carboxylic acids is 1. The Kier molecular flexibility index (Phi) is 5.84. The Balaban J connectivity index is 1.85. The number of nitrogens with one attached hydrogen (secondary N) is 1. The lowest BCUT2D eigenvalue weighted by Crippen LogP contribution is -2.40. The van der Waals surface area contributed by atoms with Crippen molar-refractivity contribution in [3.8, 4) is 0 Å². The van der Waals surface area contributed by atoms with E-state index in [2.05, 4.69) is 5.32 Å². The molecule has 1 amide bonds. The van der Waals surface area contributed by atoms with Gasteiger partial charge in [-0.15, -0.1) is 0 Å². The van der Waals surface area contributed by atoms with Crippen molar-refractivity contribution in [1.29, 1.82) is 0 Å². The Bertz CT molecular complexity index is 911. The number of hydrogen-bond donors (Lipinski definition) is 1. The molecular formula is C17H16Cl2N2O4S. The molecule has 2 aromatic carbocycles. The van der Waals surface area contributed by atoms with Crippen molar-refractivity contribution in [2.75, 3.05) is 31.6 Å². The second-order valence-electron chi connectivity index (χ2n) is 5.62. The minimum Gasteiger partial charge on any atom is -0.379 e. The van der Waals surface area contributed by atoms with Gasteiger partial charge in [-0.2, -0.15) is 4.31 Å². The molecule has 0 radical (unpaired) electrons. The average molecular weight is 415 g/mol. The normalized spacial score (nSPS) is 15.6. The zero-order valence-electron chi connectivity index (χ0n) is 13.6. The molecule has 1 heterocycles. The first-order valence-electron chi connectivity index (χ1n) is 7.82. The highest BCUT2D eigenvalue weighted by molar-refractivity contribution is 7.89. The van der Waals surface area contributed by atoms with E-state index in [1.54, 1.807) is 24.3 Å². The number of anilines is 1. The van der Waals surface area contributed by atoms with E-state index in [4.69, 9.17) is 27.9 Å². The minimum atomic E-state index is -3.68. The number of ether oxygens (including phenoxy) is 1. The average Bonchev–Trinajstić information content (AvgIpc) is 2.64. The van der Waals surface area contributed by atoms with Crippen molar-refractivity contribution in [2.24, 2.45) is 0 Å². The molecule has 1 aliphatic rings. The summed E-state index contributed by atoms with van der Waals surface area (Å²) in [4.78, 5) is 12.4. The molecule has 1 fully saturated rings. The van der Waals surface area contributed by atoms with Crippen LogP contribution in [0.2, 0.25) is 10.0 Å². The molecule has 0 spiro atoms. The van der Waals surface area contributed by atoms with E-state index in [9.17, 15) is 13.2 Å². The highest BCUT2D eigenvalue weighted by atomic mass is 35.5. The summed E-state index contributed by atoms with van der Waals surface area (Å²) in [6.07, 6.45) is 0. The molecule has 0 atom stereocenters. The molecule has 138 valence electrons. The molecule has 0 aliphatic carbocycles. The number of sulfonamides is 1. The van der Waals surface area contributed by atoms with Crippen molar-refractivity contribution in [2.45, 2.75) is 4.90 Å². The third-order valence-electron chi connectivity index (χ3n) is 3.90. The molecular weight excluding hydrogens is 399 g/mol. The molecule has 0 unspecified atom stereocenters. The Morgan fingerprint density at radius 3 is 2.35 bits per heavy atom. The lowest BCUT2D eigenvalue weighted by molar-refractivity contribution is 0.0730. The molecule has 2 aromatic rings. The van der Waals surface area contributed by atoms with Crippen molar-refractivity contribution in [3.63, 3.8) is 0 Å². The maximum absolute atomic E-state index is 12.7. The third kappa shape index (κ3) is 4.19. The van der Waals surface area contributed by atoms with E-state index in [0.717, 1.165) is 0 Å². The molecule has 1 saturated heterocycles. The molecule has 6 nitrogen and oxygen atoms in total. The fourth-order valence-corrected chi connectivity index (χ4v) is 4.22. The predicted octanol–water partition coefficient (Wildman–Crippen LogP) is 3.27. The molecule has 0 bridgehead atoms. The van der Waals surface area contributed by atoms with E-state index in [1.165, 1.54) is 22.5 Å². The number of rotatable bonds is 4. The number of benzene rings is 2. The van der Waals surface area contributed by atoms with E-state index in [0.29, 0.717) is 23.8 Å². The Labute approximate surface area is 161 Å². The molecule has 26 heavy (non-hydrogen) atoms. The minimum absolute atomic E-state index is 0.0650. The number of nitrogens with zero attached hydrogens (tertiary/aromatic N) is 1. The van der Waals surface area contributed by atoms with Crippen LogP contribution >= 0.6 is 23.2 Å². The second-order valence-corrected chi connectivity index (χ2v) is 8.40. The van der Waals surface area contributed by atoms with Gasteiger partial charge in [-0.1, -0.05) is 23.2 Å². The predicted molar refractivity (Wildman–Crippen MR) is 100 cm³/mol. The van der Waals surface area contributed by atoms with Gasteiger partial charge < -0.3 is 10.1 Å². The van der Waals surface area contributed by atoms with E-state index in [-0.39, 0.29) is 28.7 Å². The SMILES string of the molecule is O=C(Nc1cc(S(=O)(=O)N2CCOCC2)ccc1Cl)c1ccc(Cl)cc1. The zero-order valence-corrected chi connectivity index (χ0v) is 15.9. The number of morpholine rings is 1. The molecule has 1 N–H and O–H groups in total. The summed E-state index contributed by atoms with van der Waals surface area (Å²) < 4.78 is 32.0. The van der Waals surface area contributed by atoms with Gasteiger partial charge in [-0.05, 0) is 42.5 Å². The molecule has 9 heteroatoms. The van der Waals surface area contributed by atoms with Crippen LogP contribution in [0.15, 0.2) is 47.4 Å². The van der Waals surface area contributed by atoms with Gasteiger partial charge in [0, 0.05) is 23.7 Å². The van der Waals surface area contributed by atoms with Gasteiger partial charge in [-0.3, -0.25) is 4.79 Å². The fourth-order valence-electron chi connectivity index (χ4n) is 2.49. The standard InChI is InChI=1S/C17H16Cl2N2O4S/c18-13-3-1-12(2-4-13)17(22)20-16-11-14(5-6-15(16)19)26(23,24)21-7-9-25-10-8-21/h1-6,11H,7-10H2,(H,20,22). The Hall–Kier alpha value is -1.64. The summed E-state index contributed by atoms with van der Waals surface area (Å²) in [6.45, 7) is 1.29. The number of hydrogen-bond acceptors (Lipinski definition) is 4. The summed E-state index contributed by atoms with van der Waals surface area (Å²) in [5.74, 6) is -0.413.